The molecule has 0 saturated heterocycles. The minimum absolute atomic E-state index is 0.0334. The van der Waals surface area contributed by atoms with Gasteiger partial charge in [0.2, 0.25) is 0 Å². The lowest BCUT2D eigenvalue weighted by molar-refractivity contribution is -0.140. The van der Waals surface area contributed by atoms with Crippen molar-refractivity contribution in [1.29, 1.82) is 0 Å². The van der Waals surface area contributed by atoms with E-state index in [-0.39, 0.29) is 12.1 Å². The zero-order valence-corrected chi connectivity index (χ0v) is 11.4. The van der Waals surface area contributed by atoms with Crippen LogP contribution in [0.5, 0.6) is 0 Å². The highest BCUT2D eigenvalue weighted by molar-refractivity contribution is 5.95. The van der Waals surface area contributed by atoms with Crippen molar-refractivity contribution in [2.45, 2.75) is 32.9 Å². The van der Waals surface area contributed by atoms with Gasteiger partial charge < -0.3 is 4.90 Å². The Hall–Kier alpha value is -1.59. The van der Waals surface area contributed by atoms with E-state index in [0.717, 1.165) is 17.0 Å². The van der Waals surface area contributed by atoms with E-state index in [1.807, 2.05) is 6.92 Å². The lowest BCUT2D eigenvalue weighted by Crippen LogP contribution is -2.39. The fraction of sp³-hybridized carbons (Fsp3) is 0.500. The van der Waals surface area contributed by atoms with Gasteiger partial charge >= 0.3 is 6.18 Å². The standard InChI is InChI=1S/C14H17F4NO/c1-3-4-7-19(9-14(16,17)18)13(20)12-6-5-11(15)8-10(12)2/h5-6,8H,3-4,7,9H2,1-2H3. The highest BCUT2D eigenvalue weighted by Gasteiger charge is 2.33. The molecule has 0 aliphatic rings. The average Bonchev–Trinajstić information content (AvgIpc) is 2.32. The number of amides is 1. The molecule has 0 aromatic heterocycles. The van der Waals surface area contributed by atoms with Crippen molar-refractivity contribution in [3.05, 3.63) is 35.1 Å². The number of benzene rings is 1. The van der Waals surface area contributed by atoms with Crippen molar-refractivity contribution in [2.75, 3.05) is 13.1 Å². The highest BCUT2D eigenvalue weighted by Crippen LogP contribution is 2.20. The molecule has 0 unspecified atom stereocenters. The average molecular weight is 291 g/mol. The molecule has 0 radical (unpaired) electrons. The van der Waals surface area contributed by atoms with Gasteiger partial charge in [-0.1, -0.05) is 13.3 Å². The fourth-order valence-corrected chi connectivity index (χ4v) is 1.86. The van der Waals surface area contributed by atoms with Crippen LogP contribution in [-0.2, 0) is 0 Å². The van der Waals surface area contributed by atoms with Gasteiger partial charge in [-0.25, -0.2) is 4.39 Å². The van der Waals surface area contributed by atoms with E-state index in [0.29, 0.717) is 18.4 Å². The topological polar surface area (TPSA) is 20.3 Å². The number of unbranched alkanes of at least 4 members (excludes halogenated alkanes) is 1. The molecule has 0 atom stereocenters. The number of aryl methyl sites for hydroxylation is 1. The summed E-state index contributed by atoms with van der Waals surface area (Å²) in [4.78, 5) is 12.9. The van der Waals surface area contributed by atoms with Gasteiger partial charge in [0.15, 0.2) is 0 Å². The monoisotopic (exact) mass is 291 g/mol. The Kier molecular flexibility index (Phi) is 5.53. The van der Waals surface area contributed by atoms with Crippen molar-refractivity contribution in [3.8, 4) is 0 Å². The first kappa shape index (κ1) is 16.5. The van der Waals surface area contributed by atoms with E-state index in [9.17, 15) is 22.4 Å². The molecule has 0 aliphatic carbocycles. The van der Waals surface area contributed by atoms with Crippen LogP contribution in [-0.4, -0.2) is 30.1 Å². The molecule has 1 amide bonds. The molecule has 0 saturated carbocycles. The predicted molar refractivity (Wildman–Crippen MR) is 68.0 cm³/mol. The van der Waals surface area contributed by atoms with Gasteiger partial charge in [0.1, 0.15) is 12.4 Å². The third-order valence-corrected chi connectivity index (χ3v) is 2.86. The first-order valence-electron chi connectivity index (χ1n) is 6.36. The van der Waals surface area contributed by atoms with Crippen molar-refractivity contribution in [1.82, 2.24) is 4.90 Å². The van der Waals surface area contributed by atoms with Gasteiger partial charge in [-0.3, -0.25) is 4.79 Å². The van der Waals surface area contributed by atoms with E-state index in [4.69, 9.17) is 0 Å². The van der Waals surface area contributed by atoms with Gasteiger partial charge in [0, 0.05) is 12.1 Å². The Morgan fingerprint density at radius 1 is 1.30 bits per heavy atom. The molecule has 1 aromatic carbocycles. The van der Waals surface area contributed by atoms with Crippen molar-refractivity contribution in [2.24, 2.45) is 0 Å². The second-order valence-electron chi connectivity index (χ2n) is 4.65. The number of alkyl halides is 3. The summed E-state index contributed by atoms with van der Waals surface area (Å²) in [5, 5.41) is 0. The molecule has 0 N–H and O–H groups in total. The van der Waals surface area contributed by atoms with Gasteiger partial charge in [-0.05, 0) is 37.1 Å². The van der Waals surface area contributed by atoms with Gasteiger partial charge in [-0.15, -0.1) is 0 Å². The summed E-state index contributed by atoms with van der Waals surface area (Å²) in [5.41, 5.74) is 0.436. The zero-order valence-electron chi connectivity index (χ0n) is 11.4. The number of rotatable bonds is 5. The third-order valence-electron chi connectivity index (χ3n) is 2.86. The third kappa shape index (κ3) is 4.83. The molecular weight excluding hydrogens is 274 g/mol. The van der Waals surface area contributed by atoms with E-state index >= 15 is 0 Å². The van der Waals surface area contributed by atoms with E-state index in [1.165, 1.54) is 13.0 Å². The number of hydrogen-bond acceptors (Lipinski definition) is 1. The summed E-state index contributed by atoms with van der Waals surface area (Å²) in [7, 11) is 0. The Morgan fingerprint density at radius 2 is 1.95 bits per heavy atom. The van der Waals surface area contributed by atoms with Gasteiger partial charge in [0.25, 0.3) is 5.91 Å². The van der Waals surface area contributed by atoms with Gasteiger partial charge in [0.05, 0.1) is 0 Å². The molecule has 1 aromatic rings. The molecule has 0 bridgehead atoms. The van der Waals surface area contributed by atoms with Crippen LogP contribution in [0.1, 0.15) is 35.7 Å². The summed E-state index contributed by atoms with van der Waals surface area (Å²) in [6, 6.07) is 3.44. The van der Waals surface area contributed by atoms with Crippen molar-refractivity contribution in [3.63, 3.8) is 0 Å². The first-order valence-corrected chi connectivity index (χ1v) is 6.36. The predicted octanol–water partition coefficient (Wildman–Crippen LogP) is 3.94. The van der Waals surface area contributed by atoms with Crippen LogP contribution in [0.2, 0.25) is 0 Å². The number of carbonyl (C=O) groups excluding carboxylic acids is 1. The maximum Gasteiger partial charge on any atom is 0.406 e. The lowest BCUT2D eigenvalue weighted by Gasteiger charge is -2.24. The lowest BCUT2D eigenvalue weighted by atomic mass is 10.1. The summed E-state index contributed by atoms with van der Waals surface area (Å²) >= 11 is 0. The summed E-state index contributed by atoms with van der Waals surface area (Å²) < 4.78 is 50.5. The van der Waals surface area contributed by atoms with Crippen LogP contribution in [0.3, 0.4) is 0 Å². The van der Waals surface area contributed by atoms with E-state index < -0.39 is 24.4 Å². The molecule has 6 heteroatoms. The molecule has 0 heterocycles. The SMILES string of the molecule is CCCCN(CC(F)(F)F)C(=O)c1ccc(F)cc1C. The van der Waals surface area contributed by atoms with Crippen molar-refractivity contribution < 1.29 is 22.4 Å². The molecule has 0 aliphatic heterocycles. The minimum Gasteiger partial charge on any atom is -0.330 e. The second-order valence-corrected chi connectivity index (χ2v) is 4.65. The Bertz CT molecular complexity index is 471. The Balaban J connectivity index is 2.96. The van der Waals surface area contributed by atoms with E-state index in [1.54, 1.807) is 0 Å². The molecule has 1 rings (SSSR count). The maximum atomic E-state index is 13.0. The fourth-order valence-electron chi connectivity index (χ4n) is 1.86. The van der Waals surface area contributed by atoms with Crippen LogP contribution in [0.4, 0.5) is 17.6 Å². The van der Waals surface area contributed by atoms with Crippen LogP contribution in [0, 0.1) is 12.7 Å². The Morgan fingerprint density at radius 3 is 2.45 bits per heavy atom. The van der Waals surface area contributed by atoms with Crippen molar-refractivity contribution >= 4 is 5.91 Å². The minimum atomic E-state index is -4.45. The maximum absolute atomic E-state index is 13.0. The molecule has 20 heavy (non-hydrogen) atoms. The molecule has 0 spiro atoms. The van der Waals surface area contributed by atoms with Crippen LogP contribution >= 0.6 is 0 Å². The number of nitrogens with zero attached hydrogens (tertiary/aromatic N) is 1. The highest BCUT2D eigenvalue weighted by atomic mass is 19.4. The van der Waals surface area contributed by atoms with Crippen LogP contribution < -0.4 is 0 Å². The zero-order chi connectivity index (χ0) is 15.3. The molecular formula is C14H17F4NO. The Labute approximate surface area is 115 Å². The summed E-state index contributed by atoms with van der Waals surface area (Å²) in [5.74, 6) is -1.23. The molecule has 0 fully saturated rings. The summed E-state index contributed by atoms with van der Waals surface area (Å²) in [6.45, 7) is 2.08. The summed E-state index contributed by atoms with van der Waals surface area (Å²) in [6.07, 6.45) is -3.27. The molecule has 2 nitrogen and oxygen atoms in total. The number of carbonyl (C=O) groups is 1. The largest absolute Gasteiger partial charge is 0.406 e. The normalized spacial score (nSPS) is 11.5. The second kappa shape index (κ2) is 6.72. The first-order chi connectivity index (χ1) is 9.24. The van der Waals surface area contributed by atoms with Gasteiger partial charge in [-0.2, -0.15) is 13.2 Å². The van der Waals surface area contributed by atoms with E-state index in [2.05, 4.69) is 0 Å². The van der Waals surface area contributed by atoms with Crippen LogP contribution in [0.25, 0.3) is 0 Å². The number of halogens is 4. The molecule has 112 valence electrons. The number of hydrogen-bond donors (Lipinski definition) is 0. The quantitative estimate of drug-likeness (QED) is 0.752. The smallest absolute Gasteiger partial charge is 0.330 e. The van der Waals surface area contributed by atoms with Crippen LogP contribution in [0.15, 0.2) is 18.2 Å².